The zero-order chi connectivity index (χ0) is 23.0. The first-order valence-corrected chi connectivity index (χ1v) is 12.2. The van der Waals surface area contributed by atoms with E-state index in [1.807, 2.05) is 30.3 Å². The number of alkyl carbamates (subject to hydrolysis) is 1. The Hall–Kier alpha value is -3.14. The van der Waals surface area contributed by atoms with Gasteiger partial charge in [0.25, 0.3) is 5.91 Å². The second kappa shape index (κ2) is 10.9. The molecule has 1 fully saturated rings. The smallest absolute Gasteiger partial charge is 0.407 e. The fraction of sp³-hybridized carbons (Fsp3) is 0.409. The lowest BCUT2D eigenvalue weighted by Crippen LogP contribution is -2.41. The predicted octanol–water partition coefficient (Wildman–Crippen LogP) is 2.62. The first kappa shape index (κ1) is 23.5. The van der Waals surface area contributed by atoms with Crippen molar-refractivity contribution in [2.75, 3.05) is 30.1 Å². The van der Waals surface area contributed by atoms with Crippen molar-refractivity contribution in [1.29, 1.82) is 0 Å². The Morgan fingerprint density at radius 3 is 2.47 bits per heavy atom. The molecule has 3 rings (SSSR count). The molecule has 0 unspecified atom stereocenters. The number of hydrogen-bond acceptors (Lipinski definition) is 6. The predicted molar refractivity (Wildman–Crippen MR) is 121 cm³/mol. The maximum Gasteiger partial charge on any atom is 0.407 e. The molecule has 2 N–H and O–H groups in total. The summed E-state index contributed by atoms with van der Waals surface area (Å²) in [6.45, 7) is 3.42. The highest BCUT2D eigenvalue weighted by molar-refractivity contribution is 7.92. The zero-order valence-electron chi connectivity index (χ0n) is 18.0. The van der Waals surface area contributed by atoms with E-state index < -0.39 is 16.1 Å². The van der Waals surface area contributed by atoms with Crippen molar-refractivity contribution in [1.82, 2.24) is 15.2 Å². The number of sulfonamides is 1. The first-order chi connectivity index (χ1) is 15.4. The van der Waals surface area contributed by atoms with Crippen molar-refractivity contribution in [2.45, 2.75) is 26.4 Å². The number of nitrogens with zero attached hydrogens (tertiary/aromatic N) is 2. The molecular weight excluding hydrogens is 432 g/mol. The van der Waals surface area contributed by atoms with Crippen LogP contribution in [0.15, 0.2) is 48.7 Å². The van der Waals surface area contributed by atoms with E-state index in [9.17, 15) is 18.0 Å². The highest BCUT2D eigenvalue weighted by Crippen LogP contribution is 2.19. The molecule has 0 bridgehead atoms. The molecule has 0 saturated carbocycles. The standard InChI is InChI=1S/C22H28N4O5S/c1-2-32(29,30)25-20-9-8-19(15-23-20)21(27)26-12-10-17(11-13-26)14-24-22(28)31-16-18-6-4-3-5-7-18/h3-9,15,17H,2,10-14,16H2,1H3,(H,23,25)(H,24,28). The Morgan fingerprint density at radius 1 is 1.12 bits per heavy atom. The number of ether oxygens (including phenoxy) is 1. The summed E-state index contributed by atoms with van der Waals surface area (Å²) in [4.78, 5) is 30.4. The monoisotopic (exact) mass is 460 g/mol. The van der Waals surface area contributed by atoms with Crippen LogP contribution in [0, 0.1) is 5.92 Å². The van der Waals surface area contributed by atoms with Crippen molar-refractivity contribution in [2.24, 2.45) is 5.92 Å². The fourth-order valence-corrected chi connectivity index (χ4v) is 3.92. The van der Waals surface area contributed by atoms with Gasteiger partial charge < -0.3 is 15.0 Å². The largest absolute Gasteiger partial charge is 0.445 e. The number of anilines is 1. The Kier molecular flexibility index (Phi) is 8.04. The molecule has 1 aliphatic heterocycles. The minimum Gasteiger partial charge on any atom is -0.445 e. The summed E-state index contributed by atoms with van der Waals surface area (Å²) in [5, 5.41) is 2.80. The van der Waals surface area contributed by atoms with Gasteiger partial charge in [0, 0.05) is 25.8 Å². The number of benzene rings is 1. The number of hydrogen-bond donors (Lipinski definition) is 2. The summed E-state index contributed by atoms with van der Waals surface area (Å²) >= 11 is 0. The lowest BCUT2D eigenvalue weighted by atomic mass is 9.96. The van der Waals surface area contributed by atoms with E-state index in [0.29, 0.717) is 25.2 Å². The number of pyridine rings is 1. The van der Waals surface area contributed by atoms with Crippen LogP contribution in [-0.2, 0) is 21.4 Å². The van der Waals surface area contributed by atoms with Crippen LogP contribution >= 0.6 is 0 Å². The van der Waals surface area contributed by atoms with Crippen LogP contribution in [0.5, 0.6) is 0 Å². The van der Waals surface area contributed by atoms with Crippen LogP contribution < -0.4 is 10.0 Å². The summed E-state index contributed by atoms with van der Waals surface area (Å²) in [5.41, 5.74) is 1.34. The number of amides is 2. The van der Waals surface area contributed by atoms with Crippen molar-refractivity contribution in [3.05, 3.63) is 59.8 Å². The van der Waals surface area contributed by atoms with Crippen molar-refractivity contribution in [3.63, 3.8) is 0 Å². The van der Waals surface area contributed by atoms with Gasteiger partial charge in [0.1, 0.15) is 12.4 Å². The van der Waals surface area contributed by atoms with Crippen LogP contribution in [0.2, 0.25) is 0 Å². The Bertz CT molecular complexity index is 1000. The van der Waals surface area contributed by atoms with E-state index in [0.717, 1.165) is 18.4 Å². The van der Waals surface area contributed by atoms with Crippen LogP contribution in [-0.4, -0.2) is 55.7 Å². The summed E-state index contributed by atoms with van der Waals surface area (Å²) in [5.74, 6) is 0.264. The number of carbonyl (C=O) groups excluding carboxylic acids is 2. The Labute approximate surface area is 188 Å². The summed E-state index contributed by atoms with van der Waals surface area (Å²) in [7, 11) is -3.41. The molecule has 0 radical (unpaired) electrons. The molecule has 0 aliphatic carbocycles. The van der Waals surface area contributed by atoms with Crippen molar-refractivity contribution < 1.29 is 22.7 Å². The molecule has 2 heterocycles. The molecule has 1 aliphatic rings. The molecule has 1 aromatic carbocycles. The van der Waals surface area contributed by atoms with Gasteiger partial charge in [-0.25, -0.2) is 18.2 Å². The molecule has 2 amide bonds. The number of carbonyl (C=O) groups is 2. The number of rotatable bonds is 8. The third kappa shape index (κ3) is 6.94. The second-order valence-corrected chi connectivity index (χ2v) is 9.63. The maximum atomic E-state index is 12.7. The van der Waals surface area contributed by atoms with E-state index in [4.69, 9.17) is 4.74 Å². The third-order valence-electron chi connectivity index (χ3n) is 5.30. The molecule has 1 aromatic heterocycles. The molecule has 1 saturated heterocycles. The van der Waals surface area contributed by atoms with Gasteiger partial charge >= 0.3 is 6.09 Å². The number of piperidine rings is 1. The summed E-state index contributed by atoms with van der Waals surface area (Å²) < 4.78 is 30.8. The number of likely N-dealkylation sites (tertiary alicyclic amines) is 1. The highest BCUT2D eigenvalue weighted by atomic mass is 32.2. The van der Waals surface area contributed by atoms with Crippen LogP contribution in [0.1, 0.15) is 35.7 Å². The normalized spacial score (nSPS) is 14.6. The summed E-state index contributed by atoms with van der Waals surface area (Å²) in [6.07, 6.45) is 2.47. The minimum atomic E-state index is -3.41. The fourth-order valence-electron chi connectivity index (χ4n) is 3.34. The minimum absolute atomic E-state index is 0.0517. The van der Waals surface area contributed by atoms with Gasteiger partial charge in [-0.2, -0.15) is 0 Å². The van der Waals surface area contributed by atoms with E-state index in [2.05, 4.69) is 15.0 Å². The molecule has 10 heteroatoms. The van der Waals surface area contributed by atoms with E-state index in [1.165, 1.54) is 19.2 Å². The highest BCUT2D eigenvalue weighted by Gasteiger charge is 2.24. The Morgan fingerprint density at radius 2 is 1.84 bits per heavy atom. The second-order valence-electron chi connectivity index (χ2n) is 7.62. The molecular formula is C22H28N4O5S. The maximum absolute atomic E-state index is 12.7. The molecule has 0 atom stereocenters. The zero-order valence-corrected chi connectivity index (χ0v) is 18.8. The first-order valence-electron chi connectivity index (χ1n) is 10.6. The lowest BCUT2D eigenvalue weighted by Gasteiger charge is -2.32. The van der Waals surface area contributed by atoms with Crippen LogP contribution in [0.4, 0.5) is 10.6 Å². The van der Waals surface area contributed by atoms with Crippen molar-refractivity contribution in [3.8, 4) is 0 Å². The van der Waals surface area contributed by atoms with Gasteiger partial charge in [-0.15, -0.1) is 0 Å². The van der Waals surface area contributed by atoms with E-state index >= 15 is 0 Å². The van der Waals surface area contributed by atoms with Gasteiger partial charge in [-0.1, -0.05) is 30.3 Å². The SMILES string of the molecule is CCS(=O)(=O)Nc1ccc(C(=O)N2CCC(CNC(=O)OCc3ccccc3)CC2)cn1. The number of nitrogens with one attached hydrogen (secondary N) is 2. The molecule has 2 aromatic rings. The van der Waals surface area contributed by atoms with Crippen molar-refractivity contribution >= 4 is 27.8 Å². The molecule has 172 valence electrons. The van der Waals surface area contributed by atoms with Gasteiger partial charge in [0.15, 0.2) is 0 Å². The third-order valence-corrected chi connectivity index (χ3v) is 6.58. The molecule has 9 nitrogen and oxygen atoms in total. The lowest BCUT2D eigenvalue weighted by molar-refractivity contribution is 0.0686. The van der Waals surface area contributed by atoms with Crippen LogP contribution in [0.25, 0.3) is 0 Å². The van der Waals surface area contributed by atoms with E-state index in [-0.39, 0.29) is 30.0 Å². The topological polar surface area (TPSA) is 118 Å². The average molecular weight is 461 g/mol. The molecule has 0 spiro atoms. The van der Waals surface area contributed by atoms with E-state index in [1.54, 1.807) is 11.0 Å². The Balaban J connectivity index is 1.40. The van der Waals surface area contributed by atoms with Gasteiger partial charge in [-0.3, -0.25) is 9.52 Å². The van der Waals surface area contributed by atoms with Gasteiger partial charge in [0.05, 0.1) is 11.3 Å². The summed E-state index contributed by atoms with van der Waals surface area (Å²) in [6, 6.07) is 12.5. The average Bonchev–Trinajstić information content (AvgIpc) is 2.82. The number of aromatic nitrogens is 1. The van der Waals surface area contributed by atoms with Crippen LogP contribution in [0.3, 0.4) is 0 Å². The molecule has 32 heavy (non-hydrogen) atoms. The van der Waals surface area contributed by atoms with Gasteiger partial charge in [-0.05, 0) is 43.4 Å². The van der Waals surface area contributed by atoms with Gasteiger partial charge in [0.2, 0.25) is 10.0 Å². The quantitative estimate of drug-likeness (QED) is 0.625.